The predicted octanol–water partition coefficient (Wildman–Crippen LogP) is 3.83. The van der Waals surface area contributed by atoms with Crippen molar-refractivity contribution in [1.82, 2.24) is 10.3 Å². The fourth-order valence-corrected chi connectivity index (χ4v) is 1.93. The molecular weight excluding hydrogens is 290 g/mol. The van der Waals surface area contributed by atoms with Gasteiger partial charge in [-0.2, -0.15) is 0 Å². The Balaban J connectivity index is 1.76. The van der Waals surface area contributed by atoms with Gasteiger partial charge < -0.3 is 15.4 Å². The number of pyridine rings is 1. The van der Waals surface area contributed by atoms with Crippen molar-refractivity contribution in [3.8, 4) is 5.75 Å². The van der Waals surface area contributed by atoms with Crippen molar-refractivity contribution in [2.45, 2.75) is 26.9 Å². The van der Waals surface area contributed by atoms with Gasteiger partial charge in [0.15, 0.2) is 0 Å². The van der Waals surface area contributed by atoms with Crippen LogP contribution in [0, 0.1) is 5.92 Å². The minimum atomic E-state index is -0.185. The molecule has 2 N–H and O–H groups in total. The van der Waals surface area contributed by atoms with E-state index in [1.54, 1.807) is 12.4 Å². The van der Waals surface area contributed by atoms with Gasteiger partial charge in [-0.1, -0.05) is 19.9 Å². The average Bonchev–Trinajstić information content (AvgIpc) is 2.55. The van der Waals surface area contributed by atoms with Crippen molar-refractivity contribution < 1.29 is 9.53 Å². The lowest BCUT2D eigenvalue weighted by atomic mass is 10.1. The molecule has 0 saturated carbocycles. The van der Waals surface area contributed by atoms with E-state index in [4.69, 9.17) is 4.74 Å². The number of urea groups is 1. The van der Waals surface area contributed by atoms with Gasteiger partial charge in [0, 0.05) is 30.2 Å². The summed E-state index contributed by atoms with van der Waals surface area (Å²) in [6.07, 6.45) is 4.47. The fraction of sp³-hybridized carbons (Fsp3) is 0.333. The maximum absolute atomic E-state index is 11.7. The molecule has 2 aromatic rings. The first-order chi connectivity index (χ1) is 11.1. The largest absolute Gasteiger partial charge is 0.489 e. The number of nitrogens with one attached hydrogen (secondary N) is 2. The molecule has 2 rings (SSSR count). The Kier molecular flexibility index (Phi) is 6.41. The van der Waals surface area contributed by atoms with E-state index in [1.165, 1.54) is 0 Å². The first-order valence-electron chi connectivity index (χ1n) is 7.80. The first-order valence-corrected chi connectivity index (χ1v) is 7.80. The van der Waals surface area contributed by atoms with Gasteiger partial charge in [0.05, 0.1) is 0 Å². The molecule has 0 atom stereocenters. The van der Waals surface area contributed by atoms with Crippen LogP contribution in [-0.2, 0) is 6.61 Å². The van der Waals surface area contributed by atoms with Crippen molar-refractivity contribution in [2.24, 2.45) is 5.92 Å². The van der Waals surface area contributed by atoms with Gasteiger partial charge in [0.1, 0.15) is 12.4 Å². The van der Waals surface area contributed by atoms with Crippen LogP contribution in [0.25, 0.3) is 0 Å². The molecule has 1 aromatic carbocycles. The monoisotopic (exact) mass is 313 g/mol. The number of benzene rings is 1. The number of amides is 2. The zero-order valence-electron chi connectivity index (χ0n) is 13.6. The third-order valence-corrected chi connectivity index (χ3v) is 3.25. The molecular formula is C18H23N3O2. The second-order valence-electron chi connectivity index (χ2n) is 5.74. The summed E-state index contributed by atoms with van der Waals surface area (Å²) in [4.78, 5) is 15.8. The number of carbonyl (C=O) groups excluding carboxylic acids is 1. The van der Waals surface area contributed by atoms with Crippen molar-refractivity contribution in [2.75, 3.05) is 11.9 Å². The zero-order valence-corrected chi connectivity index (χ0v) is 13.6. The Labute approximate surface area is 137 Å². The third-order valence-electron chi connectivity index (χ3n) is 3.25. The van der Waals surface area contributed by atoms with Crippen LogP contribution in [-0.4, -0.2) is 17.6 Å². The van der Waals surface area contributed by atoms with E-state index in [9.17, 15) is 4.79 Å². The lowest BCUT2D eigenvalue weighted by Gasteiger charge is -2.10. The summed E-state index contributed by atoms with van der Waals surface area (Å²) in [5, 5.41) is 5.64. The normalized spacial score (nSPS) is 10.4. The molecule has 122 valence electrons. The number of carbonyl (C=O) groups is 1. The quantitative estimate of drug-likeness (QED) is 0.816. The van der Waals surface area contributed by atoms with Gasteiger partial charge in [0.2, 0.25) is 0 Å². The molecule has 2 amide bonds. The minimum Gasteiger partial charge on any atom is -0.489 e. The summed E-state index contributed by atoms with van der Waals surface area (Å²) in [6, 6.07) is 11.0. The Hall–Kier alpha value is -2.56. The number of aromatic nitrogens is 1. The molecule has 23 heavy (non-hydrogen) atoms. The zero-order chi connectivity index (χ0) is 16.5. The number of nitrogens with zero attached hydrogens (tertiary/aromatic N) is 1. The molecule has 0 fully saturated rings. The van der Waals surface area contributed by atoms with Gasteiger partial charge in [-0.3, -0.25) is 4.98 Å². The van der Waals surface area contributed by atoms with Crippen LogP contribution in [0.1, 0.15) is 25.8 Å². The fourth-order valence-electron chi connectivity index (χ4n) is 1.93. The van der Waals surface area contributed by atoms with Crippen molar-refractivity contribution in [1.29, 1.82) is 0 Å². The van der Waals surface area contributed by atoms with Crippen LogP contribution in [0.2, 0.25) is 0 Å². The maximum Gasteiger partial charge on any atom is 0.319 e. The van der Waals surface area contributed by atoms with Gasteiger partial charge in [0.25, 0.3) is 0 Å². The van der Waals surface area contributed by atoms with Crippen LogP contribution < -0.4 is 15.4 Å². The minimum absolute atomic E-state index is 0.185. The summed E-state index contributed by atoms with van der Waals surface area (Å²) in [5.41, 5.74) is 1.75. The highest BCUT2D eigenvalue weighted by atomic mass is 16.5. The van der Waals surface area contributed by atoms with E-state index >= 15 is 0 Å². The molecule has 0 aliphatic heterocycles. The molecule has 0 spiro atoms. The van der Waals surface area contributed by atoms with Crippen molar-refractivity contribution >= 4 is 11.7 Å². The number of anilines is 1. The van der Waals surface area contributed by atoms with Gasteiger partial charge in [-0.15, -0.1) is 0 Å². The molecule has 0 aliphatic rings. The van der Waals surface area contributed by atoms with Crippen LogP contribution in [0.5, 0.6) is 5.75 Å². The van der Waals surface area contributed by atoms with E-state index in [2.05, 4.69) is 29.5 Å². The summed E-state index contributed by atoms with van der Waals surface area (Å²) >= 11 is 0. The number of hydrogen-bond donors (Lipinski definition) is 2. The molecule has 0 aliphatic carbocycles. The Morgan fingerprint density at radius 1 is 1.22 bits per heavy atom. The highest BCUT2D eigenvalue weighted by Crippen LogP contribution is 2.16. The molecule has 1 heterocycles. The standard InChI is InChI=1S/C18H23N3O2/c1-14(2)9-11-20-18(22)21-16-5-7-17(8-6-16)23-13-15-4-3-10-19-12-15/h3-8,10,12,14H,9,11,13H2,1-2H3,(H2,20,21,22). The van der Waals surface area contributed by atoms with E-state index in [1.807, 2.05) is 36.4 Å². The summed E-state index contributed by atoms with van der Waals surface area (Å²) in [6.45, 7) is 5.40. The maximum atomic E-state index is 11.7. The molecule has 5 heteroatoms. The van der Waals surface area contributed by atoms with E-state index in [-0.39, 0.29) is 6.03 Å². The van der Waals surface area contributed by atoms with E-state index < -0.39 is 0 Å². The molecule has 0 unspecified atom stereocenters. The number of rotatable bonds is 7. The number of hydrogen-bond acceptors (Lipinski definition) is 3. The molecule has 0 bridgehead atoms. The van der Waals surface area contributed by atoms with Crippen LogP contribution in [0.3, 0.4) is 0 Å². The molecule has 1 aromatic heterocycles. The van der Waals surface area contributed by atoms with E-state index in [0.717, 1.165) is 23.4 Å². The molecule has 5 nitrogen and oxygen atoms in total. The third kappa shape index (κ3) is 6.38. The van der Waals surface area contributed by atoms with Crippen LogP contribution in [0.4, 0.5) is 10.5 Å². The van der Waals surface area contributed by atoms with Gasteiger partial charge >= 0.3 is 6.03 Å². The number of ether oxygens (including phenoxy) is 1. The SMILES string of the molecule is CC(C)CCNC(=O)Nc1ccc(OCc2cccnc2)cc1. The Morgan fingerprint density at radius 3 is 2.65 bits per heavy atom. The van der Waals surface area contributed by atoms with E-state index in [0.29, 0.717) is 19.1 Å². The lowest BCUT2D eigenvalue weighted by Crippen LogP contribution is -2.30. The first kappa shape index (κ1) is 16.8. The summed E-state index contributed by atoms with van der Waals surface area (Å²) < 4.78 is 5.67. The van der Waals surface area contributed by atoms with Gasteiger partial charge in [-0.05, 0) is 42.7 Å². The van der Waals surface area contributed by atoms with Crippen molar-refractivity contribution in [3.63, 3.8) is 0 Å². The predicted molar refractivity (Wildman–Crippen MR) is 91.5 cm³/mol. The average molecular weight is 313 g/mol. The Bertz CT molecular complexity index is 597. The molecule has 0 radical (unpaired) electrons. The topological polar surface area (TPSA) is 63.2 Å². The van der Waals surface area contributed by atoms with Crippen molar-refractivity contribution in [3.05, 3.63) is 54.4 Å². The Morgan fingerprint density at radius 2 is 2.00 bits per heavy atom. The lowest BCUT2D eigenvalue weighted by molar-refractivity contribution is 0.251. The smallest absolute Gasteiger partial charge is 0.319 e. The summed E-state index contributed by atoms with van der Waals surface area (Å²) in [5.74, 6) is 1.33. The second kappa shape index (κ2) is 8.78. The highest BCUT2D eigenvalue weighted by molar-refractivity contribution is 5.89. The molecule has 0 saturated heterocycles. The second-order valence-corrected chi connectivity index (χ2v) is 5.74. The highest BCUT2D eigenvalue weighted by Gasteiger charge is 2.02. The van der Waals surface area contributed by atoms with Crippen LogP contribution >= 0.6 is 0 Å². The van der Waals surface area contributed by atoms with Crippen LogP contribution in [0.15, 0.2) is 48.8 Å². The summed E-state index contributed by atoms with van der Waals surface area (Å²) in [7, 11) is 0. The van der Waals surface area contributed by atoms with Gasteiger partial charge in [-0.25, -0.2) is 4.79 Å².